The van der Waals surface area contributed by atoms with Crippen LogP contribution in [0.2, 0.25) is 0 Å². The van der Waals surface area contributed by atoms with Crippen LogP contribution in [0.25, 0.3) is 21.8 Å². The molecule has 4 aromatic carbocycles. The largest absolute Gasteiger partial charge is 0.484 e. The van der Waals surface area contributed by atoms with Crippen molar-refractivity contribution < 1.29 is 68.1 Å². The van der Waals surface area contributed by atoms with E-state index in [0.717, 1.165) is 109 Å². The zero-order chi connectivity index (χ0) is 60.1. The van der Waals surface area contributed by atoms with Crippen molar-refractivity contribution >= 4 is 69.2 Å². The van der Waals surface area contributed by atoms with Crippen molar-refractivity contribution in [3.8, 4) is 11.5 Å². The Kier molecular flexibility index (Phi) is 22.9. The normalized spacial score (nSPS) is 14.4. The van der Waals surface area contributed by atoms with Gasteiger partial charge >= 0.3 is 11.9 Å². The molecule has 85 heavy (non-hydrogen) atoms. The van der Waals surface area contributed by atoms with E-state index >= 15 is 0 Å². The standard InChI is InChI=1S/C34H42N4O7.C29H34N4O7/c39-30(37-43)14-6-1-2-7-15-32(41)38-19-18-26-27-20-25(16-17-28(27)35-29(26)21-38)44-22-31(40)36-33(23-10-4-3-5-11-23)34(42)45-24-12-8-9-13-24;34-25(32-39)10-6-1-2-7-11-27(36)33-15-14-21-22-16-20(12-13-23(22)30-24(21)17-33)40-18-26(35)31-28(29(37)38)19-8-4-3-5-9-19/h3-5,10-11,16-17,20,24,33,35,43H,1-2,6-9,12-15,18-19,21-22H2,(H,36,40)(H,37,39);3-5,8-9,12-13,16,28,30,39H,1-2,6-7,10-11,14-15,17-18H2,(H,31,35)(H,32,34)(H,37,38)/t33-;28-/m00/s1. The van der Waals surface area contributed by atoms with Gasteiger partial charge in [0.25, 0.3) is 11.8 Å². The summed E-state index contributed by atoms with van der Waals surface area (Å²) in [4.78, 5) is 108. The van der Waals surface area contributed by atoms with Gasteiger partial charge in [0.05, 0.1) is 13.1 Å². The molecule has 1 fully saturated rings. The fourth-order valence-corrected chi connectivity index (χ4v) is 11.1. The van der Waals surface area contributed by atoms with E-state index in [0.29, 0.717) is 87.3 Å². The van der Waals surface area contributed by atoms with Gasteiger partial charge in [0, 0.05) is 72.0 Å². The second kappa shape index (κ2) is 31.2. The number of carbonyl (C=O) groups is 8. The minimum atomic E-state index is -1.16. The number of aliphatic carboxylic acids is 1. The lowest BCUT2D eigenvalue weighted by atomic mass is 10.0. The topological polar surface area (TPSA) is 311 Å². The van der Waals surface area contributed by atoms with Crippen LogP contribution in [0.15, 0.2) is 97.1 Å². The number of ether oxygens (including phenoxy) is 3. The number of rotatable bonds is 27. The van der Waals surface area contributed by atoms with Crippen molar-refractivity contribution in [1.82, 2.24) is 41.4 Å². The highest BCUT2D eigenvalue weighted by Gasteiger charge is 2.30. The third kappa shape index (κ3) is 17.9. The number of aromatic amines is 2. The van der Waals surface area contributed by atoms with Crippen LogP contribution in [0.5, 0.6) is 11.5 Å². The molecule has 2 atom stereocenters. The van der Waals surface area contributed by atoms with Crippen LogP contribution in [0, 0.1) is 0 Å². The van der Waals surface area contributed by atoms with Gasteiger partial charge < -0.3 is 49.7 Å². The van der Waals surface area contributed by atoms with Gasteiger partial charge in [-0.05, 0) is 123 Å². The summed E-state index contributed by atoms with van der Waals surface area (Å²) in [5.41, 5.74) is 10.5. The van der Waals surface area contributed by atoms with E-state index in [1.54, 1.807) is 65.6 Å². The van der Waals surface area contributed by atoms with Gasteiger partial charge in [-0.3, -0.25) is 39.2 Å². The summed E-state index contributed by atoms with van der Waals surface area (Å²) in [6, 6.07) is 26.6. The smallest absolute Gasteiger partial charge is 0.333 e. The first-order valence-electron chi connectivity index (χ1n) is 29.3. The Morgan fingerprint density at radius 3 is 1.39 bits per heavy atom. The summed E-state index contributed by atoms with van der Waals surface area (Å²) in [6.45, 7) is 1.66. The maximum Gasteiger partial charge on any atom is 0.333 e. The lowest BCUT2D eigenvalue weighted by Gasteiger charge is -2.27. The van der Waals surface area contributed by atoms with E-state index in [1.807, 2.05) is 52.3 Å². The molecule has 0 unspecified atom stereocenters. The Hall–Kier alpha value is -8.76. The molecule has 22 nitrogen and oxygen atoms in total. The number of hydroxylamine groups is 2. The van der Waals surface area contributed by atoms with E-state index in [-0.39, 0.29) is 49.9 Å². The lowest BCUT2D eigenvalue weighted by molar-refractivity contribution is -0.153. The molecule has 3 aliphatic rings. The predicted molar refractivity (Wildman–Crippen MR) is 312 cm³/mol. The molecule has 22 heteroatoms. The third-order valence-electron chi connectivity index (χ3n) is 15.6. The zero-order valence-electron chi connectivity index (χ0n) is 47.7. The number of esters is 1. The average molecular weight is 1170 g/mol. The van der Waals surface area contributed by atoms with Crippen LogP contribution in [0.4, 0.5) is 0 Å². The summed E-state index contributed by atoms with van der Waals surface area (Å²) in [6.07, 6.45) is 12.8. The van der Waals surface area contributed by atoms with Crippen LogP contribution in [0.3, 0.4) is 0 Å². The van der Waals surface area contributed by atoms with Crippen LogP contribution >= 0.6 is 0 Å². The van der Waals surface area contributed by atoms with E-state index in [4.69, 9.17) is 24.6 Å². The van der Waals surface area contributed by atoms with Crippen LogP contribution in [-0.2, 0) is 69.0 Å². The molecule has 1 saturated carbocycles. The van der Waals surface area contributed by atoms with E-state index < -0.39 is 41.7 Å². The van der Waals surface area contributed by atoms with Crippen molar-refractivity contribution in [2.75, 3.05) is 26.3 Å². The summed E-state index contributed by atoms with van der Waals surface area (Å²) >= 11 is 0. The van der Waals surface area contributed by atoms with Gasteiger partial charge in [0.15, 0.2) is 25.3 Å². The molecule has 9 N–H and O–H groups in total. The number of aromatic nitrogens is 2. The molecule has 0 radical (unpaired) electrons. The van der Waals surface area contributed by atoms with Crippen molar-refractivity contribution in [2.24, 2.45) is 0 Å². The van der Waals surface area contributed by atoms with E-state index in [9.17, 15) is 43.5 Å². The number of amides is 6. The molecule has 2 aliphatic heterocycles. The summed E-state index contributed by atoms with van der Waals surface area (Å²) < 4.78 is 17.3. The third-order valence-corrected chi connectivity index (χ3v) is 15.6. The lowest BCUT2D eigenvalue weighted by Crippen LogP contribution is -2.38. The quantitative estimate of drug-likeness (QED) is 0.0103. The van der Waals surface area contributed by atoms with Gasteiger partial charge in [-0.1, -0.05) is 86.3 Å². The summed E-state index contributed by atoms with van der Waals surface area (Å²) in [5.74, 6) is -2.11. The van der Waals surface area contributed by atoms with Crippen molar-refractivity contribution in [3.63, 3.8) is 0 Å². The molecule has 9 rings (SSSR count). The Morgan fingerprint density at radius 2 is 0.953 bits per heavy atom. The van der Waals surface area contributed by atoms with E-state index in [2.05, 4.69) is 20.6 Å². The Balaban J connectivity index is 0.000000223. The number of hydrogen-bond acceptors (Lipinski definition) is 13. The van der Waals surface area contributed by atoms with Gasteiger partial charge in [0.2, 0.25) is 23.6 Å². The highest BCUT2D eigenvalue weighted by atomic mass is 16.5. The minimum Gasteiger partial charge on any atom is -0.484 e. The molecule has 4 heterocycles. The van der Waals surface area contributed by atoms with Crippen LogP contribution < -0.4 is 31.1 Å². The second-order valence-electron chi connectivity index (χ2n) is 21.7. The fraction of sp³-hybridized carbons (Fsp3) is 0.429. The number of carboxylic acid groups (broad SMARTS) is 1. The van der Waals surface area contributed by atoms with Gasteiger partial charge in [-0.25, -0.2) is 20.5 Å². The molecule has 0 spiro atoms. The number of fused-ring (bicyclic) bond motifs is 6. The maximum atomic E-state index is 13.0. The van der Waals surface area contributed by atoms with Crippen molar-refractivity contribution in [2.45, 2.75) is 147 Å². The number of benzene rings is 4. The highest BCUT2D eigenvalue weighted by Crippen LogP contribution is 2.33. The number of H-pyrrole nitrogens is 2. The van der Waals surface area contributed by atoms with Gasteiger partial charge in [-0.2, -0.15) is 0 Å². The summed E-state index contributed by atoms with van der Waals surface area (Å²) in [5, 5.41) is 33.9. The first-order valence-corrected chi connectivity index (χ1v) is 29.3. The van der Waals surface area contributed by atoms with Gasteiger partial charge in [-0.15, -0.1) is 0 Å². The summed E-state index contributed by atoms with van der Waals surface area (Å²) in [7, 11) is 0. The average Bonchev–Trinajstić information content (AvgIpc) is 3.25. The zero-order valence-corrected chi connectivity index (χ0v) is 47.7. The first-order chi connectivity index (χ1) is 41.3. The molecule has 0 bridgehead atoms. The first kappa shape index (κ1) is 62.3. The minimum absolute atomic E-state index is 0.0996. The SMILES string of the molecule is O=C(CCCCCCC(=O)N1CCc2c([nH]c3ccc(OCC(=O)N[C@H](C(=O)O)c4ccccc4)cc23)C1)NO.O=C(CCCCCCC(=O)N1CCc2c([nH]c3ccc(OCC(=O)N[C@H](C(=O)OC4CCCC4)c4ccccc4)cc23)C1)NO. The maximum absolute atomic E-state index is 13.0. The molecule has 0 saturated heterocycles. The number of nitrogens with one attached hydrogen (secondary N) is 6. The Bertz CT molecular complexity index is 3270. The fourth-order valence-electron chi connectivity index (χ4n) is 11.1. The Labute approximate surface area is 492 Å². The molecule has 1 aliphatic carbocycles. The van der Waals surface area contributed by atoms with Crippen molar-refractivity contribution in [3.05, 3.63) is 131 Å². The monoisotopic (exact) mass is 1170 g/mol. The number of carboxylic acids is 1. The molecule has 2 aromatic heterocycles. The van der Waals surface area contributed by atoms with Crippen molar-refractivity contribution in [1.29, 1.82) is 0 Å². The Morgan fingerprint density at radius 1 is 0.529 bits per heavy atom. The molecular formula is C63H76N8O14. The van der Waals surface area contributed by atoms with Crippen LogP contribution in [-0.4, -0.2) is 115 Å². The second-order valence-corrected chi connectivity index (χ2v) is 21.7. The molecular weight excluding hydrogens is 1090 g/mol. The molecule has 6 amide bonds. The van der Waals surface area contributed by atoms with Crippen LogP contribution in [0.1, 0.15) is 148 Å². The highest BCUT2D eigenvalue weighted by molar-refractivity contribution is 5.90. The number of carbonyl (C=O) groups excluding carboxylic acids is 7. The number of nitrogens with zero attached hydrogens (tertiary/aromatic N) is 2. The molecule has 452 valence electrons. The van der Waals surface area contributed by atoms with Gasteiger partial charge in [0.1, 0.15) is 17.6 Å². The van der Waals surface area contributed by atoms with E-state index in [1.165, 1.54) is 0 Å². The predicted octanol–water partition coefficient (Wildman–Crippen LogP) is 7.84. The number of hydrogen-bond donors (Lipinski definition) is 9. The molecule has 6 aromatic rings. The number of unbranched alkanes of at least 4 members (excludes halogenated alkanes) is 6.